The first-order valence-corrected chi connectivity index (χ1v) is 15.6. The monoisotopic (exact) mass is 543 g/mol. The molecule has 0 spiro atoms. The van der Waals surface area contributed by atoms with Crippen LogP contribution in [0.2, 0.25) is 0 Å². The van der Waals surface area contributed by atoms with Gasteiger partial charge in [-0.2, -0.15) is 0 Å². The SMILES string of the molecule is CCCCC1(CCCC)CS(=O)(=O)c2ccc(N(C)C)cc2[C@@H](c2cccc(NCC(=O)NCC)c2)[C@H]1O. The lowest BCUT2D eigenvalue weighted by Crippen LogP contribution is -2.43. The number of sulfone groups is 1. The summed E-state index contributed by atoms with van der Waals surface area (Å²) in [7, 11) is 0.207. The van der Waals surface area contributed by atoms with Gasteiger partial charge in [-0.1, -0.05) is 51.7 Å². The Morgan fingerprint density at radius 1 is 1.05 bits per heavy atom. The Labute approximate surface area is 228 Å². The summed E-state index contributed by atoms with van der Waals surface area (Å²) >= 11 is 0. The summed E-state index contributed by atoms with van der Waals surface area (Å²) < 4.78 is 27.9. The molecule has 2 atom stereocenters. The number of nitrogens with zero attached hydrogens (tertiary/aromatic N) is 1. The van der Waals surface area contributed by atoms with Crippen LogP contribution >= 0.6 is 0 Å². The number of carbonyl (C=O) groups excluding carboxylic acids is 1. The smallest absolute Gasteiger partial charge is 0.239 e. The van der Waals surface area contributed by atoms with Crippen LogP contribution in [0.4, 0.5) is 11.4 Å². The molecule has 3 rings (SSSR count). The van der Waals surface area contributed by atoms with Crippen LogP contribution in [0.3, 0.4) is 0 Å². The molecule has 0 aromatic heterocycles. The van der Waals surface area contributed by atoms with Crippen LogP contribution < -0.4 is 15.5 Å². The number of hydrogen-bond donors (Lipinski definition) is 3. The second-order valence-electron chi connectivity index (χ2n) is 10.8. The molecule has 1 aliphatic rings. The fraction of sp³-hybridized carbons (Fsp3) is 0.567. The van der Waals surface area contributed by atoms with Crippen molar-refractivity contribution >= 4 is 27.1 Å². The number of anilines is 2. The van der Waals surface area contributed by atoms with Crippen molar-refractivity contribution in [2.24, 2.45) is 5.41 Å². The first-order chi connectivity index (χ1) is 18.1. The van der Waals surface area contributed by atoms with E-state index in [1.54, 1.807) is 6.07 Å². The quantitative estimate of drug-likeness (QED) is 0.351. The van der Waals surface area contributed by atoms with Crippen molar-refractivity contribution in [1.29, 1.82) is 0 Å². The molecule has 210 valence electrons. The topological polar surface area (TPSA) is 98.7 Å². The van der Waals surface area contributed by atoms with E-state index in [4.69, 9.17) is 0 Å². The summed E-state index contributed by atoms with van der Waals surface area (Å²) in [6.45, 7) is 6.78. The van der Waals surface area contributed by atoms with Crippen LogP contribution in [0.5, 0.6) is 0 Å². The highest BCUT2D eigenvalue weighted by atomic mass is 32.2. The summed E-state index contributed by atoms with van der Waals surface area (Å²) in [5.74, 6) is -0.680. The molecule has 1 heterocycles. The third-order valence-electron chi connectivity index (χ3n) is 7.73. The Bertz CT molecular complexity index is 1190. The number of hydrogen-bond acceptors (Lipinski definition) is 6. The molecule has 0 saturated carbocycles. The second-order valence-corrected chi connectivity index (χ2v) is 12.8. The summed E-state index contributed by atoms with van der Waals surface area (Å²) in [5, 5.41) is 18.3. The molecule has 0 radical (unpaired) electrons. The van der Waals surface area contributed by atoms with Crippen molar-refractivity contribution in [3.8, 4) is 0 Å². The predicted molar refractivity (Wildman–Crippen MR) is 156 cm³/mol. The number of rotatable bonds is 12. The summed E-state index contributed by atoms with van der Waals surface area (Å²) in [4.78, 5) is 14.3. The van der Waals surface area contributed by atoms with Crippen LogP contribution in [-0.2, 0) is 14.6 Å². The Morgan fingerprint density at radius 3 is 2.34 bits per heavy atom. The highest BCUT2D eigenvalue weighted by Gasteiger charge is 2.49. The van der Waals surface area contributed by atoms with Crippen LogP contribution in [0.25, 0.3) is 0 Å². The number of fused-ring (bicyclic) bond motifs is 1. The van der Waals surface area contributed by atoms with E-state index in [9.17, 15) is 18.3 Å². The molecule has 7 nitrogen and oxygen atoms in total. The van der Waals surface area contributed by atoms with E-state index in [2.05, 4.69) is 24.5 Å². The number of carbonyl (C=O) groups is 1. The van der Waals surface area contributed by atoms with Crippen molar-refractivity contribution in [3.63, 3.8) is 0 Å². The first kappa shape index (κ1) is 30.0. The van der Waals surface area contributed by atoms with E-state index in [1.165, 1.54) is 0 Å². The van der Waals surface area contributed by atoms with Crippen LogP contribution in [-0.4, -0.2) is 58.5 Å². The van der Waals surface area contributed by atoms with Gasteiger partial charge in [0.15, 0.2) is 9.84 Å². The van der Waals surface area contributed by atoms with Gasteiger partial charge in [-0.25, -0.2) is 8.42 Å². The average Bonchev–Trinajstić information content (AvgIpc) is 2.96. The average molecular weight is 544 g/mol. The van der Waals surface area contributed by atoms with Crippen molar-refractivity contribution in [1.82, 2.24) is 5.32 Å². The Morgan fingerprint density at radius 2 is 1.74 bits per heavy atom. The summed E-state index contributed by atoms with van der Waals surface area (Å²) in [5.41, 5.74) is 2.36. The fourth-order valence-corrected chi connectivity index (χ4v) is 7.87. The van der Waals surface area contributed by atoms with Gasteiger partial charge in [0.2, 0.25) is 5.91 Å². The van der Waals surface area contributed by atoms with Gasteiger partial charge in [-0.3, -0.25) is 4.79 Å². The third-order valence-corrected chi connectivity index (χ3v) is 9.73. The molecule has 3 N–H and O–H groups in total. The standard InChI is InChI=1S/C30H45N3O4S/c1-6-9-16-30(17-10-7-2)21-38(36,37)26-15-14-24(33(4)5)19-25(26)28(29(30)35)22-12-11-13-23(18-22)32-20-27(34)31-8-3/h11-15,18-19,28-29,32,35H,6-10,16-17,20-21H2,1-5H3,(H,31,34)/t28-,29-/m1/s1. The minimum atomic E-state index is -3.65. The number of amides is 1. The van der Waals surface area contributed by atoms with Gasteiger partial charge in [0, 0.05) is 43.3 Å². The minimum Gasteiger partial charge on any atom is -0.392 e. The number of benzene rings is 2. The van der Waals surface area contributed by atoms with Crippen molar-refractivity contribution in [2.75, 3.05) is 43.2 Å². The normalized spacial score (nSPS) is 19.7. The maximum atomic E-state index is 14.0. The molecule has 1 amide bonds. The summed E-state index contributed by atoms with van der Waals surface area (Å²) in [6, 6.07) is 13.2. The zero-order chi connectivity index (χ0) is 27.9. The molecule has 1 aliphatic heterocycles. The molecule has 2 aromatic rings. The largest absolute Gasteiger partial charge is 0.392 e. The Hall–Kier alpha value is -2.58. The lowest BCUT2D eigenvalue weighted by atomic mass is 9.68. The van der Waals surface area contributed by atoms with Crippen molar-refractivity contribution in [2.45, 2.75) is 76.2 Å². The lowest BCUT2D eigenvalue weighted by molar-refractivity contribution is -0.119. The number of likely N-dealkylation sites (N-methyl/N-ethyl adjacent to an activating group) is 1. The molecule has 0 fully saturated rings. The molecular formula is C30H45N3O4S. The Kier molecular flexibility index (Phi) is 10.2. The van der Waals surface area contributed by atoms with Crippen LogP contribution in [0.1, 0.15) is 76.3 Å². The fourth-order valence-electron chi connectivity index (χ4n) is 5.67. The maximum absolute atomic E-state index is 14.0. The highest BCUT2D eigenvalue weighted by molar-refractivity contribution is 7.91. The van der Waals surface area contributed by atoms with E-state index in [0.717, 1.165) is 42.6 Å². The zero-order valence-electron chi connectivity index (χ0n) is 23.6. The zero-order valence-corrected chi connectivity index (χ0v) is 24.4. The number of aliphatic hydroxyl groups is 1. The van der Waals surface area contributed by atoms with E-state index >= 15 is 0 Å². The molecule has 0 unspecified atom stereocenters. The molecule has 0 bridgehead atoms. The van der Waals surface area contributed by atoms with E-state index in [0.29, 0.717) is 29.8 Å². The summed E-state index contributed by atoms with van der Waals surface area (Å²) in [6.07, 6.45) is 4.01. The van der Waals surface area contributed by atoms with Gasteiger partial charge in [0.25, 0.3) is 0 Å². The van der Waals surface area contributed by atoms with Gasteiger partial charge < -0.3 is 20.6 Å². The van der Waals surface area contributed by atoms with Crippen LogP contribution in [0.15, 0.2) is 47.4 Å². The predicted octanol–water partition coefficient (Wildman–Crippen LogP) is 4.95. The molecule has 8 heteroatoms. The number of nitrogens with one attached hydrogen (secondary N) is 2. The maximum Gasteiger partial charge on any atom is 0.239 e. The minimum absolute atomic E-state index is 0.0545. The first-order valence-electron chi connectivity index (χ1n) is 13.9. The van der Waals surface area contributed by atoms with Crippen molar-refractivity contribution in [3.05, 3.63) is 53.6 Å². The van der Waals surface area contributed by atoms with E-state index in [-0.39, 0.29) is 18.2 Å². The van der Waals surface area contributed by atoms with Gasteiger partial charge in [-0.15, -0.1) is 0 Å². The van der Waals surface area contributed by atoms with Gasteiger partial charge in [0.1, 0.15) is 0 Å². The van der Waals surface area contributed by atoms with Crippen molar-refractivity contribution < 1.29 is 18.3 Å². The van der Waals surface area contributed by atoms with Crippen LogP contribution in [0, 0.1) is 5.41 Å². The van der Waals surface area contributed by atoms with Gasteiger partial charge in [-0.05, 0) is 61.2 Å². The molecule has 0 saturated heterocycles. The molecule has 2 aromatic carbocycles. The van der Waals surface area contributed by atoms with Gasteiger partial charge in [0.05, 0.1) is 23.3 Å². The molecule has 38 heavy (non-hydrogen) atoms. The van der Waals surface area contributed by atoms with Gasteiger partial charge >= 0.3 is 0 Å². The van der Waals surface area contributed by atoms with E-state index < -0.39 is 27.3 Å². The number of aliphatic hydroxyl groups excluding tert-OH is 1. The second kappa shape index (κ2) is 13.0. The highest BCUT2D eigenvalue weighted by Crippen LogP contribution is 2.50. The number of unbranched alkanes of at least 4 members (excludes halogenated alkanes) is 2. The third kappa shape index (κ3) is 6.70. The van der Waals surface area contributed by atoms with E-state index in [1.807, 2.05) is 62.3 Å². The molecular weight excluding hydrogens is 498 g/mol. The lowest BCUT2D eigenvalue weighted by Gasteiger charge is -2.40. The Balaban J connectivity index is 2.21. The molecule has 0 aliphatic carbocycles.